The van der Waals surface area contributed by atoms with Crippen molar-refractivity contribution in [1.29, 1.82) is 0 Å². The maximum absolute atomic E-state index is 5.04. The standard InChI is InChI=1S/C12H12N2O/c1-15-12-6-2-4-11(14-12)8-7-10-5-3-9-13-10/h2-9,13H,1H3/b8-7+. The molecule has 76 valence electrons. The van der Waals surface area contributed by atoms with Crippen LogP contribution in [0.5, 0.6) is 5.88 Å². The monoisotopic (exact) mass is 200 g/mol. The van der Waals surface area contributed by atoms with Gasteiger partial charge in [0.2, 0.25) is 5.88 Å². The summed E-state index contributed by atoms with van der Waals surface area (Å²) >= 11 is 0. The molecule has 0 aliphatic carbocycles. The second kappa shape index (κ2) is 4.46. The van der Waals surface area contributed by atoms with Gasteiger partial charge < -0.3 is 9.72 Å². The van der Waals surface area contributed by atoms with Crippen molar-refractivity contribution in [2.24, 2.45) is 0 Å². The highest BCUT2D eigenvalue weighted by molar-refractivity contribution is 5.66. The highest BCUT2D eigenvalue weighted by atomic mass is 16.5. The first-order chi connectivity index (χ1) is 7.38. The largest absolute Gasteiger partial charge is 0.481 e. The first-order valence-electron chi connectivity index (χ1n) is 4.71. The van der Waals surface area contributed by atoms with E-state index in [0.717, 1.165) is 11.4 Å². The van der Waals surface area contributed by atoms with Crippen LogP contribution in [-0.4, -0.2) is 17.1 Å². The molecular formula is C12H12N2O. The minimum absolute atomic E-state index is 0.628. The van der Waals surface area contributed by atoms with Crippen molar-refractivity contribution in [2.75, 3.05) is 7.11 Å². The van der Waals surface area contributed by atoms with E-state index in [4.69, 9.17) is 4.74 Å². The van der Waals surface area contributed by atoms with Crippen LogP contribution in [0.4, 0.5) is 0 Å². The summed E-state index contributed by atoms with van der Waals surface area (Å²) < 4.78 is 5.04. The van der Waals surface area contributed by atoms with Gasteiger partial charge in [-0.2, -0.15) is 0 Å². The Morgan fingerprint density at radius 1 is 1.20 bits per heavy atom. The van der Waals surface area contributed by atoms with E-state index in [-0.39, 0.29) is 0 Å². The molecule has 0 unspecified atom stereocenters. The number of aromatic nitrogens is 2. The van der Waals surface area contributed by atoms with Gasteiger partial charge in [0.25, 0.3) is 0 Å². The van der Waals surface area contributed by atoms with Crippen LogP contribution >= 0.6 is 0 Å². The van der Waals surface area contributed by atoms with Crippen molar-refractivity contribution in [2.45, 2.75) is 0 Å². The average molecular weight is 200 g/mol. The van der Waals surface area contributed by atoms with Crippen molar-refractivity contribution in [3.05, 3.63) is 47.9 Å². The quantitative estimate of drug-likeness (QED) is 0.826. The van der Waals surface area contributed by atoms with E-state index in [1.807, 2.05) is 48.7 Å². The number of methoxy groups -OCH3 is 1. The van der Waals surface area contributed by atoms with Crippen molar-refractivity contribution in [3.63, 3.8) is 0 Å². The number of H-pyrrole nitrogens is 1. The van der Waals surface area contributed by atoms with Crippen LogP contribution in [0.25, 0.3) is 12.2 Å². The molecule has 3 nitrogen and oxygen atoms in total. The summed E-state index contributed by atoms with van der Waals surface area (Å²) in [6, 6.07) is 9.63. The number of nitrogens with one attached hydrogen (secondary N) is 1. The molecule has 3 heteroatoms. The van der Waals surface area contributed by atoms with Gasteiger partial charge in [-0.3, -0.25) is 0 Å². The predicted molar refractivity (Wildman–Crippen MR) is 60.5 cm³/mol. The van der Waals surface area contributed by atoms with E-state index in [0.29, 0.717) is 5.88 Å². The number of rotatable bonds is 3. The van der Waals surface area contributed by atoms with Crippen LogP contribution in [0.1, 0.15) is 11.4 Å². The number of aromatic amines is 1. The normalized spacial score (nSPS) is 10.7. The van der Waals surface area contributed by atoms with Crippen LogP contribution < -0.4 is 4.74 Å². The Morgan fingerprint density at radius 2 is 2.13 bits per heavy atom. The summed E-state index contributed by atoms with van der Waals surface area (Å²) in [6.45, 7) is 0. The molecule has 0 aliphatic heterocycles. The fraction of sp³-hybridized carbons (Fsp3) is 0.0833. The van der Waals surface area contributed by atoms with Gasteiger partial charge in [-0.1, -0.05) is 6.07 Å². The second-order valence-electron chi connectivity index (χ2n) is 3.06. The molecule has 0 saturated heterocycles. The lowest BCUT2D eigenvalue weighted by molar-refractivity contribution is 0.397. The Hall–Kier alpha value is -2.03. The molecule has 0 aromatic carbocycles. The molecule has 15 heavy (non-hydrogen) atoms. The van der Waals surface area contributed by atoms with Crippen molar-refractivity contribution in [1.82, 2.24) is 9.97 Å². The lowest BCUT2D eigenvalue weighted by atomic mass is 10.3. The Labute approximate surface area is 88.4 Å². The van der Waals surface area contributed by atoms with Crippen LogP contribution in [0.15, 0.2) is 36.5 Å². The van der Waals surface area contributed by atoms with Crippen LogP contribution in [-0.2, 0) is 0 Å². The Kier molecular flexibility index (Phi) is 2.83. The number of ether oxygens (including phenoxy) is 1. The third-order valence-electron chi connectivity index (χ3n) is 2.01. The summed E-state index contributed by atoms with van der Waals surface area (Å²) in [7, 11) is 1.61. The molecule has 0 fully saturated rings. The molecule has 1 N–H and O–H groups in total. The third kappa shape index (κ3) is 2.47. The zero-order valence-electron chi connectivity index (χ0n) is 8.47. The van der Waals surface area contributed by atoms with Crippen molar-refractivity contribution >= 4 is 12.2 Å². The molecular weight excluding hydrogens is 188 g/mol. The molecule has 2 heterocycles. The lowest BCUT2D eigenvalue weighted by Crippen LogP contribution is -1.88. The Bertz CT molecular complexity index is 446. The molecule has 0 bridgehead atoms. The van der Waals surface area contributed by atoms with E-state index in [1.54, 1.807) is 7.11 Å². The number of hydrogen-bond acceptors (Lipinski definition) is 2. The molecule has 0 radical (unpaired) electrons. The van der Waals surface area contributed by atoms with Crippen LogP contribution in [0, 0.1) is 0 Å². The summed E-state index contributed by atoms with van der Waals surface area (Å²) in [5, 5.41) is 0. The third-order valence-corrected chi connectivity index (χ3v) is 2.01. The van der Waals surface area contributed by atoms with E-state index in [9.17, 15) is 0 Å². The highest BCUT2D eigenvalue weighted by Gasteiger charge is 1.93. The lowest BCUT2D eigenvalue weighted by Gasteiger charge is -1.98. The predicted octanol–water partition coefficient (Wildman–Crippen LogP) is 2.59. The molecule has 0 saturated carbocycles. The molecule has 2 aromatic rings. The van der Waals surface area contributed by atoms with Gasteiger partial charge in [0, 0.05) is 18.0 Å². The molecule has 2 aromatic heterocycles. The van der Waals surface area contributed by atoms with Gasteiger partial charge in [0.1, 0.15) is 0 Å². The minimum Gasteiger partial charge on any atom is -0.481 e. The highest BCUT2D eigenvalue weighted by Crippen LogP contribution is 2.09. The summed E-state index contributed by atoms with van der Waals surface area (Å²) in [4.78, 5) is 7.36. The maximum atomic E-state index is 5.04. The topological polar surface area (TPSA) is 37.9 Å². The van der Waals surface area contributed by atoms with E-state index in [2.05, 4.69) is 9.97 Å². The van der Waals surface area contributed by atoms with Gasteiger partial charge in [-0.05, 0) is 30.4 Å². The van der Waals surface area contributed by atoms with Gasteiger partial charge >= 0.3 is 0 Å². The van der Waals surface area contributed by atoms with Crippen LogP contribution in [0.3, 0.4) is 0 Å². The van der Waals surface area contributed by atoms with Gasteiger partial charge in [-0.15, -0.1) is 0 Å². The molecule has 0 spiro atoms. The number of nitrogens with zero attached hydrogens (tertiary/aromatic N) is 1. The fourth-order valence-electron chi connectivity index (χ4n) is 1.26. The van der Waals surface area contributed by atoms with Crippen molar-refractivity contribution < 1.29 is 4.74 Å². The van der Waals surface area contributed by atoms with E-state index >= 15 is 0 Å². The van der Waals surface area contributed by atoms with Crippen molar-refractivity contribution in [3.8, 4) is 5.88 Å². The van der Waals surface area contributed by atoms with Gasteiger partial charge in [-0.25, -0.2) is 4.98 Å². The van der Waals surface area contributed by atoms with Gasteiger partial charge in [0.05, 0.1) is 12.8 Å². The minimum atomic E-state index is 0.628. The van der Waals surface area contributed by atoms with E-state index < -0.39 is 0 Å². The zero-order valence-corrected chi connectivity index (χ0v) is 8.47. The SMILES string of the molecule is COc1cccc(/C=C/c2ccc[nH]2)n1. The molecule has 0 atom stereocenters. The van der Waals surface area contributed by atoms with Crippen LogP contribution in [0.2, 0.25) is 0 Å². The molecule has 0 amide bonds. The number of pyridine rings is 1. The molecule has 2 rings (SSSR count). The smallest absolute Gasteiger partial charge is 0.213 e. The maximum Gasteiger partial charge on any atom is 0.213 e. The Balaban J connectivity index is 2.17. The number of hydrogen-bond donors (Lipinski definition) is 1. The molecule has 0 aliphatic rings. The summed E-state index contributed by atoms with van der Waals surface area (Å²) in [6.07, 6.45) is 5.80. The average Bonchev–Trinajstić information content (AvgIpc) is 2.79. The summed E-state index contributed by atoms with van der Waals surface area (Å²) in [5.74, 6) is 0.628. The zero-order chi connectivity index (χ0) is 10.5. The van der Waals surface area contributed by atoms with Gasteiger partial charge in [0.15, 0.2) is 0 Å². The Morgan fingerprint density at radius 3 is 2.87 bits per heavy atom. The van der Waals surface area contributed by atoms with E-state index in [1.165, 1.54) is 0 Å². The fourth-order valence-corrected chi connectivity index (χ4v) is 1.26. The summed E-state index contributed by atoms with van der Waals surface area (Å²) in [5.41, 5.74) is 1.93. The first kappa shape index (κ1) is 9.52. The second-order valence-corrected chi connectivity index (χ2v) is 3.06. The first-order valence-corrected chi connectivity index (χ1v) is 4.71.